The lowest BCUT2D eigenvalue weighted by Gasteiger charge is -2.32. The van der Waals surface area contributed by atoms with Gasteiger partial charge in [-0.2, -0.15) is 0 Å². The molecule has 1 heteroatoms. The number of hydrogen-bond acceptors (Lipinski definition) is 1. The van der Waals surface area contributed by atoms with E-state index in [4.69, 9.17) is 0 Å². The Labute approximate surface area is 78.1 Å². The van der Waals surface area contributed by atoms with Crippen LogP contribution in [0, 0.1) is 5.92 Å². The van der Waals surface area contributed by atoms with Crippen molar-refractivity contribution in [3.8, 4) is 0 Å². The first kappa shape index (κ1) is 12.0. The Morgan fingerprint density at radius 3 is 1.75 bits per heavy atom. The summed E-state index contributed by atoms with van der Waals surface area (Å²) in [4.78, 5) is 2.56. The van der Waals surface area contributed by atoms with Crippen molar-refractivity contribution in [2.45, 2.75) is 60.0 Å². The Kier molecular flexibility index (Phi) is 5.56. The van der Waals surface area contributed by atoms with Crippen LogP contribution >= 0.6 is 0 Å². The van der Waals surface area contributed by atoms with Gasteiger partial charge in [0.15, 0.2) is 0 Å². The van der Waals surface area contributed by atoms with Crippen molar-refractivity contribution in [1.29, 1.82) is 0 Å². The van der Waals surface area contributed by atoms with Crippen LogP contribution in [0.3, 0.4) is 0 Å². The summed E-state index contributed by atoms with van der Waals surface area (Å²) < 4.78 is 0. The van der Waals surface area contributed by atoms with Crippen LogP contribution in [0.1, 0.15) is 48.0 Å². The molecule has 12 heavy (non-hydrogen) atoms. The molecule has 0 aliphatic heterocycles. The van der Waals surface area contributed by atoms with Crippen LogP contribution in [-0.2, 0) is 0 Å². The molecule has 0 bridgehead atoms. The topological polar surface area (TPSA) is 3.24 Å². The highest BCUT2D eigenvalue weighted by Crippen LogP contribution is 2.13. The summed E-state index contributed by atoms with van der Waals surface area (Å²) >= 11 is 0. The molecule has 0 radical (unpaired) electrons. The van der Waals surface area contributed by atoms with Gasteiger partial charge in [-0.15, -0.1) is 0 Å². The zero-order valence-electron chi connectivity index (χ0n) is 9.59. The van der Waals surface area contributed by atoms with Crippen LogP contribution < -0.4 is 0 Å². The quantitative estimate of drug-likeness (QED) is 0.614. The molecule has 0 aromatic carbocycles. The second kappa shape index (κ2) is 5.58. The number of nitrogens with zero attached hydrogens (tertiary/aromatic N) is 1. The van der Waals surface area contributed by atoms with E-state index in [9.17, 15) is 0 Å². The van der Waals surface area contributed by atoms with Crippen LogP contribution in [0.2, 0.25) is 0 Å². The molecule has 1 nitrogen and oxygen atoms in total. The Balaban J connectivity index is 3.94. The minimum Gasteiger partial charge on any atom is -0.299 e. The van der Waals surface area contributed by atoms with Gasteiger partial charge >= 0.3 is 0 Å². The van der Waals surface area contributed by atoms with Gasteiger partial charge in [0, 0.05) is 12.1 Å². The van der Waals surface area contributed by atoms with Crippen molar-refractivity contribution < 1.29 is 0 Å². The smallest absolute Gasteiger partial charge is 0.00719 e. The first-order chi connectivity index (χ1) is 5.49. The Bertz CT molecular complexity index is 108. The summed E-state index contributed by atoms with van der Waals surface area (Å²) in [7, 11) is 0. The monoisotopic (exact) mass is 171 g/mol. The summed E-state index contributed by atoms with van der Waals surface area (Å²) in [6.07, 6.45) is 1.31. The molecule has 0 saturated heterocycles. The lowest BCUT2D eigenvalue weighted by molar-refractivity contribution is 0.155. The second-order valence-electron chi connectivity index (χ2n) is 4.40. The molecule has 0 aliphatic carbocycles. The predicted molar refractivity (Wildman–Crippen MR) is 56.4 cm³/mol. The Morgan fingerprint density at radius 1 is 1.00 bits per heavy atom. The third-order valence-corrected chi connectivity index (χ3v) is 2.41. The van der Waals surface area contributed by atoms with Crippen LogP contribution in [0.15, 0.2) is 0 Å². The van der Waals surface area contributed by atoms with Crippen LogP contribution in [0.5, 0.6) is 0 Å². The minimum atomic E-state index is 0.684. The van der Waals surface area contributed by atoms with Gasteiger partial charge in [-0.1, -0.05) is 20.8 Å². The summed E-state index contributed by atoms with van der Waals surface area (Å²) in [5.41, 5.74) is 0. The van der Waals surface area contributed by atoms with Gasteiger partial charge in [-0.3, -0.25) is 4.90 Å². The molecule has 1 unspecified atom stereocenters. The Morgan fingerprint density at radius 2 is 1.50 bits per heavy atom. The fraction of sp³-hybridized carbons (Fsp3) is 1.00. The molecule has 0 N–H and O–H groups in total. The molecule has 0 heterocycles. The van der Waals surface area contributed by atoms with Gasteiger partial charge in [0.05, 0.1) is 0 Å². The molecular weight excluding hydrogens is 146 g/mol. The SMILES string of the molecule is CCN(C(C)C)C(C)CC(C)C. The standard InChI is InChI=1S/C11H25N/c1-7-12(10(4)5)11(6)8-9(2)3/h9-11H,7-8H2,1-6H3. The predicted octanol–water partition coefficient (Wildman–Crippen LogP) is 3.15. The van der Waals surface area contributed by atoms with Crippen molar-refractivity contribution in [2.24, 2.45) is 5.92 Å². The van der Waals surface area contributed by atoms with Crippen LogP contribution in [0.25, 0.3) is 0 Å². The highest BCUT2D eigenvalue weighted by molar-refractivity contribution is 4.70. The number of hydrogen-bond donors (Lipinski definition) is 0. The van der Waals surface area contributed by atoms with E-state index in [-0.39, 0.29) is 0 Å². The van der Waals surface area contributed by atoms with E-state index < -0.39 is 0 Å². The Hall–Kier alpha value is -0.0400. The third-order valence-electron chi connectivity index (χ3n) is 2.41. The molecule has 0 aromatic rings. The summed E-state index contributed by atoms with van der Waals surface area (Å²) in [5.74, 6) is 0.813. The maximum absolute atomic E-state index is 2.56. The minimum absolute atomic E-state index is 0.684. The lowest BCUT2D eigenvalue weighted by Crippen LogP contribution is -2.39. The van der Waals surface area contributed by atoms with E-state index in [1.54, 1.807) is 0 Å². The zero-order chi connectivity index (χ0) is 9.72. The van der Waals surface area contributed by atoms with Gasteiger partial charge < -0.3 is 0 Å². The van der Waals surface area contributed by atoms with E-state index in [2.05, 4.69) is 46.4 Å². The van der Waals surface area contributed by atoms with Gasteiger partial charge in [0.1, 0.15) is 0 Å². The second-order valence-corrected chi connectivity index (χ2v) is 4.40. The largest absolute Gasteiger partial charge is 0.299 e. The molecular formula is C11H25N. The molecule has 0 spiro atoms. The van der Waals surface area contributed by atoms with E-state index >= 15 is 0 Å². The van der Waals surface area contributed by atoms with Crippen molar-refractivity contribution in [3.63, 3.8) is 0 Å². The highest BCUT2D eigenvalue weighted by Gasteiger charge is 2.15. The normalized spacial score (nSPS) is 14.8. The fourth-order valence-electron chi connectivity index (χ4n) is 2.00. The summed E-state index contributed by atoms with van der Waals surface area (Å²) in [5, 5.41) is 0. The van der Waals surface area contributed by atoms with Crippen LogP contribution in [0.4, 0.5) is 0 Å². The molecule has 0 aromatic heterocycles. The van der Waals surface area contributed by atoms with Gasteiger partial charge in [0.2, 0.25) is 0 Å². The van der Waals surface area contributed by atoms with Crippen molar-refractivity contribution >= 4 is 0 Å². The van der Waals surface area contributed by atoms with Gasteiger partial charge in [-0.05, 0) is 39.7 Å². The van der Waals surface area contributed by atoms with E-state index in [1.165, 1.54) is 13.0 Å². The summed E-state index contributed by atoms with van der Waals surface area (Å²) in [6.45, 7) is 14.9. The third kappa shape index (κ3) is 4.10. The molecule has 0 amide bonds. The molecule has 0 aliphatic rings. The summed E-state index contributed by atoms with van der Waals surface area (Å²) in [6, 6.07) is 1.42. The first-order valence-corrected chi connectivity index (χ1v) is 5.24. The van der Waals surface area contributed by atoms with Crippen molar-refractivity contribution in [3.05, 3.63) is 0 Å². The average Bonchev–Trinajstić information content (AvgIpc) is 1.85. The van der Waals surface area contributed by atoms with Crippen molar-refractivity contribution in [2.75, 3.05) is 6.54 Å². The van der Waals surface area contributed by atoms with E-state index in [0.717, 1.165) is 12.0 Å². The zero-order valence-corrected chi connectivity index (χ0v) is 9.59. The molecule has 0 saturated carbocycles. The maximum atomic E-state index is 2.56. The number of rotatable bonds is 5. The molecule has 0 rings (SSSR count). The molecule has 74 valence electrons. The maximum Gasteiger partial charge on any atom is 0.00719 e. The first-order valence-electron chi connectivity index (χ1n) is 5.24. The van der Waals surface area contributed by atoms with Crippen LogP contribution in [-0.4, -0.2) is 23.5 Å². The van der Waals surface area contributed by atoms with Crippen molar-refractivity contribution in [1.82, 2.24) is 4.90 Å². The van der Waals surface area contributed by atoms with Gasteiger partial charge in [-0.25, -0.2) is 0 Å². The molecule has 1 atom stereocenters. The van der Waals surface area contributed by atoms with E-state index in [0.29, 0.717) is 6.04 Å². The van der Waals surface area contributed by atoms with E-state index in [1.807, 2.05) is 0 Å². The average molecular weight is 171 g/mol. The fourth-order valence-corrected chi connectivity index (χ4v) is 2.00. The van der Waals surface area contributed by atoms with Gasteiger partial charge in [0.25, 0.3) is 0 Å². The lowest BCUT2D eigenvalue weighted by atomic mass is 10.0. The highest BCUT2D eigenvalue weighted by atomic mass is 15.2. The molecule has 0 fully saturated rings.